The van der Waals surface area contributed by atoms with Crippen molar-refractivity contribution in [2.24, 2.45) is 0 Å². The van der Waals surface area contributed by atoms with Gasteiger partial charge in [0, 0.05) is 6.42 Å². The summed E-state index contributed by atoms with van der Waals surface area (Å²) < 4.78 is 38.9. The molecule has 56 heavy (non-hydrogen) atoms. The molecule has 0 aliphatic carbocycles. The molecule has 0 saturated heterocycles. The molecule has 1 unspecified atom stereocenters. The summed E-state index contributed by atoms with van der Waals surface area (Å²) in [6.45, 7) is 30.9. The van der Waals surface area contributed by atoms with Crippen molar-refractivity contribution in [1.29, 1.82) is 0 Å². The molecule has 3 rings (SSSR count). The second-order valence-electron chi connectivity index (χ2n) is 18.8. The topological polar surface area (TPSA) is 55.4 Å². The van der Waals surface area contributed by atoms with Crippen molar-refractivity contribution >= 4 is 16.6 Å². The van der Waals surface area contributed by atoms with E-state index in [9.17, 15) is 0 Å². The van der Waals surface area contributed by atoms with Gasteiger partial charge in [0.1, 0.15) is 5.75 Å². The molecular weight excluding hydrogens is 729 g/mol. The van der Waals surface area contributed by atoms with Crippen LogP contribution in [0.5, 0.6) is 5.75 Å². The fourth-order valence-corrected chi connectivity index (χ4v) is 8.83. The van der Waals surface area contributed by atoms with E-state index in [1.54, 1.807) is 7.11 Å². The predicted molar refractivity (Wildman–Crippen MR) is 240 cm³/mol. The van der Waals surface area contributed by atoms with E-state index in [1.165, 1.54) is 11.1 Å². The lowest BCUT2D eigenvalue weighted by Gasteiger charge is -2.40. The largest absolute Gasteiger partial charge is 0.497 e. The molecule has 1 aromatic rings. The minimum Gasteiger partial charge on any atom is -0.497 e. The molecule has 0 aromatic heterocycles. The standard InChI is InChI=1S/C48H76O6Si2/c1-15-19-41-22-17-23-42(52-41)21-16-20-37(2)35-44(53-55(11,12)47(4,5)6)24-18-25-45(51-36-39-26-28-40(49-10)29-27-39)46(54-56(13,14)48(7,8)9)31-30-43-34-38(3)32-33-50-43/h1,17-18,22,24,26-32,41-46H,2,16,19-21,23,25,33-36H2,3-14H3/t41-,42-,43-,44?,45+,46+/m1/s1. The third-order valence-corrected chi connectivity index (χ3v) is 20.9. The van der Waals surface area contributed by atoms with E-state index in [4.69, 9.17) is 34.2 Å². The molecule has 0 amide bonds. The number of hydrogen-bond donors (Lipinski definition) is 0. The van der Waals surface area contributed by atoms with E-state index in [-0.39, 0.29) is 46.7 Å². The van der Waals surface area contributed by atoms with Gasteiger partial charge < -0.3 is 27.8 Å². The van der Waals surface area contributed by atoms with Crippen LogP contribution in [0.2, 0.25) is 36.3 Å². The minimum atomic E-state index is -2.20. The smallest absolute Gasteiger partial charge is 0.193 e. The quantitative estimate of drug-likeness (QED) is 0.0701. The zero-order chi connectivity index (χ0) is 41.6. The van der Waals surface area contributed by atoms with Gasteiger partial charge >= 0.3 is 0 Å². The molecule has 312 valence electrons. The van der Waals surface area contributed by atoms with Crippen LogP contribution in [0.15, 0.2) is 84.5 Å². The number of rotatable bonds is 21. The van der Waals surface area contributed by atoms with Gasteiger partial charge in [0.2, 0.25) is 0 Å². The van der Waals surface area contributed by atoms with Crippen molar-refractivity contribution in [3.05, 3.63) is 90.1 Å². The van der Waals surface area contributed by atoms with Crippen LogP contribution in [-0.2, 0) is 29.7 Å². The summed E-state index contributed by atoms with van der Waals surface area (Å²) in [5, 5.41) is 0.106. The molecule has 6 nitrogen and oxygen atoms in total. The highest BCUT2D eigenvalue weighted by Gasteiger charge is 2.41. The van der Waals surface area contributed by atoms with Gasteiger partial charge in [0.15, 0.2) is 16.6 Å². The first-order valence-electron chi connectivity index (χ1n) is 20.9. The maximum absolute atomic E-state index is 7.21. The molecule has 0 N–H and O–H groups in total. The van der Waals surface area contributed by atoms with Crippen LogP contribution >= 0.6 is 0 Å². The zero-order valence-corrected chi connectivity index (χ0v) is 39.1. The van der Waals surface area contributed by atoms with E-state index >= 15 is 0 Å². The summed E-state index contributed by atoms with van der Waals surface area (Å²) in [7, 11) is -2.60. The van der Waals surface area contributed by atoms with Gasteiger partial charge in [-0.1, -0.05) is 114 Å². The Bertz CT molecular complexity index is 1520. The molecule has 0 bridgehead atoms. The lowest BCUT2D eigenvalue weighted by atomic mass is 9.99. The predicted octanol–water partition coefficient (Wildman–Crippen LogP) is 12.5. The number of benzene rings is 1. The van der Waals surface area contributed by atoms with Crippen molar-refractivity contribution < 1.29 is 27.8 Å². The molecule has 8 heteroatoms. The van der Waals surface area contributed by atoms with Gasteiger partial charge in [-0.05, 0) is 106 Å². The number of hydrogen-bond acceptors (Lipinski definition) is 6. The third kappa shape index (κ3) is 16.0. The Kier molecular flexibility index (Phi) is 18.8. The molecule has 0 radical (unpaired) electrons. The average Bonchev–Trinajstić information content (AvgIpc) is 3.11. The van der Waals surface area contributed by atoms with Crippen LogP contribution in [0.1, 0.15) is 105 Å². The summed E-state index contributed by atoms with van der Waals surface area (Å²) in [5.41, 5.74) is 3.64. The monoisotopic (exact) mass is 805 g/mol. The van der Waals surface area contributed by atoms with Crippen LogP contribution in [0, 0.1) is 12.3 Å². The van der Waals surface area contributed by atoms with Gasteiger partial charge in [-0.3, -0.25) is 0 Å². The Balaban J connectivity index is 1.87. The molecule has 1 aromatic carbocycles. The number of terminal acetylenes is 1. The van der Waals surface area contributed by atoms with Crippen LogP contribution in [0.3, 0.4) is 0 Å². The molecular formula is C48H76O6Si2. The van der Waals surface area contributed by atoms with Crippen molar-refractivity contribution in [3.8, 4) is 18.1 Å². The van der Waals surface area contributed by atoms with Crippen LogP contribution < -0.4 is 4.74 Å². The second-order valence-corrected chi connectivity index (χ2v) is 28.4. The maximum atomic E-state index is 7.21. The Morgan fingerprint density at radius 1 is 1.02 bits per heavy atom. The van der Waals surface area contributed by atoms with E-state index in [1.807, 2.05) is 12.1 Å². The van der Waals surface area contributed by atoms with Gasteiger partial charge in [-0.2, -0.15) is 0 Å². The summed E-state index contributed by atoms with van der Waals surface area (Å²) in [5.74, 6) is 3.56. The van der Waals surface area contributed by atoms with E-state index in [0.717, 1.165) is 49.8 Å². The summed E-state index contributed by atoms with van der Waals surface area (Å²) in [6, 6.07) is 8.10. The van der Waals surface area contributed by atoms with Crippen molar-refractivity contribution in [2.45, 2.75) is 179 Å². The lowest BCUT2D eigenvalue weighted by Crippen LogP contribution is -2.47. The average molecular weight is 805 g/mol. The molecule has 0 fully saturated rings. The van der Waals surface area contributed by atoms with E-state index in [2.05, 4.69) is 142 Å². The first-order chi connectivity index (χ1) is 26.2. The van der Waals surface area contributed by atoms with Crippen LogP contribution in [-0.4, -0.2) is 67.0 Å². The van der Waals surface area contributed by atoms with Gasteiger partial charge in [-0.15, -0.1) is 12.3 Å². The van der Waals surface area contributed by atoms with E-state index in [0.29, 0.717) is 26.1 Å². The second kappa shape index (κ2) is 22.0. The molecule has 0 saturated carbocycles. The van der Waals surface area contributed by atoms with Gasteiger partial charge in [0.25, 0.3) is 0 Å². The summed E-state index contributed by atoms with van der Waals surface area (Å²) in [6.07, 6.45) is 27.5. The van der Waals surface area contributed by atoms with Gasteiger partial charge in [0.05, 0.1) is 56.9 Å². The lowest BCUT2D eigenvalue weighted by molar-refractivity contribution is -0.0204. The van der Waals surface area contributed by atoms with E-state index < -0.39 is 16.6 Å². The molecule has 2 heterocycles. The maximum Gasteiger partial charge on any atom is 0.193 e. The summed E-state index contributed by atoms with van der Waals surface area (Å²) in [4.78, 5) is 0. The first-order valence-corrected chi connectivity index (χ1v) is 26.7. The Labute approximate surface area is 344 Å². The molecule has 6 atom stereocenters. The van der Waals surface area contributed by atoms with Crippen molar-refractivity contribution in [1.82, 2.24) is 0 Å². The fourth-order valence-electron chi connectivity index (χ4n) is 6.29. The Morgan fingerprint density at radius 2 is 1.70 bits per heavy atom. The van der Waals surface area contributed by atoms with Crippen molar-refractivity contribution in [3.63, 3.8) is 0 Å². The SMILES string of the molecule is C#CC[C@@H]1C=CC[C@@H](CCCC(=C)CC(C=CC[C@H](OCc2ccc(OC)cc2)[C@H](C=C[C@@H]2CC(C)=CCO2)O[Si](C)(C)C(C)(C)C)O[Si](C)(C)C(C)(C)C)O1. The Morgan fingerprint density at radius 3 is 2.32 bits per heavy atom. The fraction of sp³-hybridized carbons (Fsp3) is 0.625. The normalized spacial score (nSPS) is 21.5. The van der Waals surface area contributed by atoms with Crippen molar-refractivity contribution in [2.75, 3.05) is 13.7 Å². The summed E-state index contributed by atoms with van der Waals surface area (Å²) >= 11 is 0. The highest BCUT2D eigenvalue weighted by Crippen LogP contribution is 2.40. The first kappa shape index (κ1) is 47.9. The zero-order valence-electron chi connectivity index (χ0n) is 37.1. The van der Waals surface area contributed by atoms with Crippen LogP contribution in [0.4, 0.5) is 0 Å². The highest BCUT2D eigenvalue weighted by atomic mass is 28.4. The van der Waals surface area contributed by atoms with Crippen LogP contribution in [0.25, 0.3) is 0 Å². The third-order valence-electron chi connectivity index (χ3n) is 12.0. The molecule has 2 aliphatic heterocycles. The number of methoxy groups -OCH3 is 1. The highest BCUT2D eigenvalue weighted by molar-refractivity contribution is 6.74. The molecule has 2 aliphatic rings. The Hall–Kier alpha value is -2.49. The molecule has 0 spiro atoms. The minimum absolute atomic E-state index is 0.0159. The van der Waals surface area contributed by atoms with Gasteiger partial charge in [-0.25, -0.2) is 0 Å². The number of ether oxygens (including phenoxy) is 4.